The first-order chi connectivity index (χ1) is 16.1. The van der Waals surface area contributed by atoms with Crippen molar-refractivity contribution in [1.82, 2.24) is 10.3 Å². The number of hydrogen-bond acceptors (Lipinski definition) is 5. The fourth-order valence-electron chi connectivity index (χ4n) is 3.73. The molecule has 1 fully saturated rings. The predicted molar refractivity (Wildman–Crippen MR) is 116 cm³/mol. The van der Waals surface area contributed by atoms with E-state index in [1.807, 2.05) is 0 Å². The zero-order valence-corrected chi connectivity index (χ0v) is 19.1. The second-order valence-corrected chi connectivity index (χ2v) is 9.99. The molecule has 1 aliphatic rings. The summed E-state index contributed by atoms with van der Waals surface area (Å²) < 4.78 is 103. The minimum Gasteiger partial charge on any atom is -0.382 e. The molecule has 35 heavy (non-hydrogen) atoms. The fraction of sp³-hybridized carbons (Fsp3) is 0.429. The van der Waals surface area contributed by atoms with Gasteiger partial charge >= 0.3 is 12.4 Å². The highest BCUT2D eigenvalue weighted by molar-refractivity contribution is 7.92. The van der Waals surface area contributed by atoms with E-state index in [1.54, 1.807) is 0 Å². The number of alkyl halides is 6. The van der Waals surface area contributed by atoms with Gasteiger partial charge in [-0.25, -0.2) is 13.4 Å². The lowest BCUT2D eigenvalue weighted by Crippen LogP contribution is -2.40. The number of halogens is 6. The van der Waals surface area contributed by atoms with Gasteiger partial charge in [-0.3, -0.25) is 9.52 Å². The van der Waals surface area contributed by atoms with Gasteiger partial charge in [-0.05, 0) is 56.0 Å². The van der Waals surface area contributed by atoms with Gasteiger partial charge in [0.25, 0.3) is 5.91 Å². The summed E-state index contributed by atoms with van der Waals surface area (Å²) in [5, 5.41) is 5.54. The number of sulfonamides is 1. The van der Waals surface area contributed by atoms with Crippen molar-refractivity contribution in [2.24, 2.45) is 0 Å². The van der Waals surface area contributed by atoms with Crippen molar-refractivity contribution in [3.8, 4) is 0 Å². The summed E-state index contributed by atoms with van der Waals surface area (Å²) in [7, 11) is -3.52. The molecule has 1 aromatic carbocycles. The lowest BCUT2D eigenvalue weighted by atomic mass is 9.90. The molecule has 0 atom stereocenters. The molecule has 1 saturated carbocycles. The van der Waals surface area contributed by atoms with Gasteiger partial charge in [0.1, 0.15) is 11.4 Å². The summed E-state index contributed by atoms with van der Waals surface area (Å²) >= 11 is 0. The van der Waals surface area contributed by atoms with E-state index in [0.29, 0.717) is 37.8 Å². The highest BCUT2D eigenvalue weighted by atomic mass is 32.2. The van der Waals surface area contributed by atoms with E-state index in [1.165, 1.54) is 24.3 Å². The van der Waals surface area contributed by atoms with Gasteiger partial charge in [0.15, 0.2) is 0 Å². The molecule has 3 N–H and O–H groups in total. The monoisotopic (exact) mass is 524 g/mol. The number of rotatable bonds is 6. The Balaban J connectivity index is 1.61. The van der Waals surface area contributed by atoms with Crippen LogP contribution in [0, 0.1) is 0 Å². The summed E-state index contributed by atoms with van der Waals surface area (Å²) in [4.78, 5) is 15.2. The van der Waals surface area contributed by atoms with Gasteiger partial charge < -0.3 is 10.6 Å². The molecule has 192 valence electrons. The smallest absolute Gasteiger partial charge is 0.382 e. The van der Waals surface area contributed by atoms with Crippen LogP contribution in [0.3, 0.4) is 0 Å². The van der Waals surface area contributed by atoms with Gasteiger partial charge in [-0.15, -0.1) is 0 Å². The van der Waals surface area contributed by atoms with Crippen LogP contribution in [-0.4, -0.2) is 37.6 Å². The molecule has 0 unspecified atom stereocenters. The summed E-state index contributed by atoms with van der Waals surface area (Å²) in [6.45, 7) is 0. The van der Waals surface area contributed by atoms with Crippen LogP contribution in [0.2, 0.25) is 0 Å². The van der Waals surface area contributed by atoms with Gasteiger partial charge in [-0.1, -0.05) is 6.07 Å². The second-order valence-electron chi connectivity index (χ2n) is 8.24. The molecule has 7 nitrogen and oxygen atoms in total. The Hall–Kier alpha value is -3.03. The number of amides is 1. The van der Waals surface area contributed by atoms with Crippen LogP contribution in [0.25, 0.3) is 0 Å². The Morgan fingerprint density at radius 2 is 1.43 bits per heavy atom. The molecule has 0 saturated heterocycles. The second kappa shape index (κ2) is 9.91. The van der Waals surface area contributed by atoms with Crippen LogP contribution in [0.1, 0.15) is 47.4 Å². The van der Waals surface area contributed by atoms with Crippen LogP contribution in [-0.2, 0) is 22.4 Å². The van der Waals surface area contributed by atoms with Gasteiger partial charge in [-0.2, -0.15) is 26.3 Å². The summed E-state index contributed by atoms with van der Waals surface area (Å²) in [5.41, 5.74) is -3.15. The maximum atomic E-state index is 13.0. The van der Waals surface area contributed by atoms with Gasteiger partial charge in [0.05, 0.1) is 6.26 Å². The Labute approximate surface area is 197 Å². The van der Waals surface area contributed by atoms with Crippen molar-refractivity contribution < 1.29 is 39.6 Å². The van der Waals surface area contributed by atoms with Crippen LogP contribution >= 0.6 is 0 Å². The molecule has 14 heteroatoms. The predicted octanol–water partition coefficient (Wildman–Crippen LogP) is 4.64. The Bertz CT molecular complexity index is 1140. The van der Waals surface area contributed by atoms with Crippen molar-refractivity contribution in [3.05, 3.63) is 53.3 Å². The van der Waals surface area contributed by atoms with E-state index in [-0.39, 0.29) is 23.0 Å². The molecule has 0 radical (unpaired) electrons. The quantitative estimate of drug-likeness (QED) is 0.478. The molecule has 1 heterocycles. The first-order valence-corrected chi connectivity index (χ1v) is 12.3. The van der Waals surface area contributed by atoms with Crippen LogP contribution < -0.4 is 15.4 Å². The number of pyridine rings is 1. The third-order valence-corrected chi connectivity index (χ3v) is 5.87. The maximum Gasteiger partial charge on any atom is 0.433 e. The van der Waals surface area contributed by atoms with Gasteiger partial charge in [0.2, 0.25) is 10.0 Å². The number of hydrogen-bond donors (Lipinski definition) is 3. The lowest BCUT2D eigenvalue weighted by Gasteiger charge is -2.30. The molecule has 3 rings (SSSR count). The standard InChI is InChI=1S/C21H22F6N4O3S/c1-35(33,34)31-15-4-2-3-12(9-15)19(32)29-14-7-5-13(6-8-14)28-16-10-17(20(22,23)24)30-18(11-16)21(25,26)27/h2-4,9-11,13-14,31H,5-8H2,1H3,(H,28,30)(H,29,32). The summed E-state index contributed by atoms with van der Waals surface area (Å²) in [5.74, 6) is -0.433. The Kier molecular flexibility index (Phi) is 7.53. The van der Waals surface area contributed by atoms with Crippen molar-refractivity contribution >= 4 is 27.3 Å². The molecule has 0 bridgehead atoms. The normalized spacial score (nSPS) is 19.2. The van der Waals surface area contributed by atoms with E-state index in [9.17, 15) is 39.6 Å². The number of carbonyl (C=O) groups is 1. The van der Waals surface area contributed by atoms with Gasteiger partial charge in [0, 0.05) is 29.0 Å². The van der Waals surface area contributed by atoms with Crippen molar-refractivity contribution in [2.45, 2.75) is 50.1 Å². The highest BCUT2D eigenvalue weighted by Crippen LogP contribution is 2.35. The molecular weight excluding hydrogens is 502 g/mol. The topological polar surface area (TPSA) is 100 Å². The molecule has 1 aromatic heterocycles. The average Bonchev–Trinajstić information content (AvgIpc) is 2.72. The zero-order valence-electron chi connectivity index (χ0n) is 18.3. The molecule has 0 aliphatic heterocycles. The zero-order chi connectivity index (χ0) is 26.0. The molecule has 1 amide bonds. The molecular formula is C21H22F6N4O3S. The van der Waals surface area contributed by atoms with Crippen LogP contribution in [0.4, 0.5) is 37.7 Å². The summed E-state index contributed by atoms with van der Waals surface area (Å²) in [6.07, 6.45) is -7.42. The number of anilines is 2. The highest BCUT2D eigenvalue weighted by Gasteiger charge is 2.39. The maximum absolute atomic E-state index is 13.0. The fourth-order valence-corrected chi connectivity index (χ4v) is 4.28. The van der Waals surface area contributed by atoms with Crippen molar-refractivity contribution in [3.63, 3.8) is 0 Å². The Morgan fingerprint density at radius 3 is 1.94 bits per heavy atom. The first-order valence-electron chi connectivity index (χ1n) is 10.4. The van der Waals surface area contributed by atoms with E-state index < -0.39 is 45.7 Å². The minimum atomic E-state index is -5.03. The lowest BCUT2D eigenvalue weighted by molar-refractivity contribution is -0.150. The third-order valence-electron chi connectivity index (χ3n) is 5.27. The molecule has 1 aliphatic carbocycles. The van der Waals surface area contributed by atoms with E-state index >= 15 is 0 Å². The number of nitrogens with zero attached hydrogens (tertiary/aromatic N) is 1. The molecule has 2 aromatic rings. The summed E-state index contributed by atoms with van der Waals surface area (Å²) in [6, 6.07) is 6.32. The number of aromatic nitrogens is 1. The Morgan fingerprint density at radius 1 is 0.886 bits per heavy atom. The largest absolute Gasteiger partial charge is 0.433 e. The van der Waals surface area contributed by atoms with Crippen LogP contribution in [0.15, 0.2) is 36.4 Å². The SMILES string of the molecule is CS(=O)(=O)Nc1cccc(C(=O)NC2CCC(Nc3cc(C(F)(F)F)nc(C(F)(F)F)c3)CC2)c1. The van der Waals surface area contributed by atoms with E-state index in [2.05, 4.69) is 20.3 Å². The van der Waals surface area contributed by atoms with Crippen molar-refractivity contribution in [2.75, 3.05) is 16.3 Å². The third kappa shape index (κ3) is 7.73. The first kappa shape index (κ1) is 26.6. The average molecular weight is 524 g/mol. The number of carbonyl (C=O) groups excluding carboxylic acids is 1. The van der Waals surface area contributed by atoms with Crippen molar-refractivity contribution in [1.29, 1.82) is 0 Å². The number of nitrogens with one attached hydrogen (secondary N) is 3. The number of benzene rings is 1. The minimum absolute atomic E-state index is 0.224. The van der Waals surface area contributed by atoms with Crippen LogP contribution in [0.5, 0.6) is 0 Å². The van der Waals surface area contributed by atoms with E-state index in [0.717, 1.165) is 6.26 Å². The van der Waals surface area contributed by atoms with E-state index in [4.69, 9.17) is 0 Å². The molecule has 0 spiro atoms.